The summed E-state index contributed by atoms with van der Waals surface area (Å²) in [6.07, 6.45) is 3.22. The lowest BCUT2D eigenvalue weighted by Gasteiger charge is -2.03. The highest BCUT2D eigenvalue weighted by atomic mass is 79.9. The predicted octanol–water partition coefficient (Wildman–Crippen LogP) is 2.47. The zero-order valence-corrected chi connectivity index (χ0v) is 12.4. The van der Waals surface area contributed by atoms with Crippen molar-refractivity contribution in [2.24, 2.45) is 5.73 Å². The number of esters is 1. The zero-order valence-electron chi connectivity index (χ0n) is 10.9. The van der Waals surface area contributed by atoms with E-state index in [1.165, 1.54) is 7.11 Å². The number of nitrogens with zero attached hydrogens (tertiary/aromatic N) is 1. The van der Waals surface area contributed by atoms with Gasteiger partial charge in [0.25, 0.3) is 0 Å². The molecule has 2 aromatic rings. The molecule has 0 fully saturated rings. The Kier molecular flexibility index (Phi) is 4.61. The monoisotopic (exact) mass is 324 g/mol. The molecule has 1 heterocycles. The van der Waals surface area contributed by atoms with Gasteiger partial charge in [0, 0.05) is 28.1 Å². The van der Waals surface area contributed by atoms with E-state index >= 15 is 0 Å². The van der Waals surface area contributed by atoms with Gasteiger partial charge in [0.1, 0.15) is 0 Å². The molecule has 2 rings (SSSR count). The molecule has 0 unspecified atom stereocenters. The number of hydrogen-bond donors (Lipinski definition) is 1. The van der Waals surface area contributed by atoms with Gasteiger partial charge in [-0.05, 0) is 36.7 Å². The average molecular weight is 325 g/mol. The first-order valence-electron chi connectivity index (χ1n) is 6.20. The van der Waals surface area contributed by atoms with Gasteiger partial charge >= 0.3 is 5.97 Å². The molecule has 0 saturated carbocycles. The van der Waals surface area contributed by atoms with E-state index in [2.05, 4.69) is 26.6 Å². The van der Waals surface area contributed by atoms with E-state index in [0.29, 0.717) is 13.0 Å². The quantitative estimate of drug-likeness (QED) is 0.859. The summed E-state index contributed by atoms with van der Waals surface area (Å²) < 4.78 is 7.89. The van der Waals surface area contributed by atoms with Crippen molar-refractivity contribution in [1.29, 1.82) is 0 Å². The van der Waals surface area contributed by atoms with Gasteiger partial charge in [-0.1, -0.05) is 15.9 Å². The number of hydrogen-bond acceptors (Lipinski definition) is 3. The number of aryl methyl sites for hydroxylation is 1. The van der Waals surface area contributed by atoms with E-state index in [1.54, 1.807) is 0 Å². The Hall–Kier alpha value is -1.33. The Balaban J connectivity index is 2.43. The van der Waals surface area contributed by atoms with E-state index in [0.717, 1.165) is 33.9 Å². The molecule has 4 nitrogen and oxygen atoms in total. The third-order valence-corrected chi connectivity index (χ3v) is 3.58. The fourth-order valence-electron chi connectivity index (χ4n) is 2.16. The van der Waals surface area contributed by atoms with Crippen LogP contribution in [0.1, 0.15) is 12.0 Å². The van der Waals surface area contributed by atoms with Crippen LogP contribution in [0.25, 0.3) is 10.9 Å². The smallest absolute Gasteiger partial charge is 0.310 e. The lowest BCUT2D eigenvalue weighted by atomic mass is 10.1. The maximum Gasteiger partial charge on any atom is 0.310 e. The summed E-state index contributed by atoms with van der Waals surface area (Å²) >= 11 is 3.47. The first kappa shape index (κ1) is 14.1. The second-order valence-electron chi connectivity index (χ2n) is 4.40. The number of methoxy groups -OCH3 is 1. The number of carbonyl (C=O) groups is 1. The molecule has 0 saturated heterocycles. The first-order valence-corrected chi connectivity index (χ1v) is 6.99. The molecule has 0 aliphatic carbocycles. The van der Waals surface area contributed by atoms with Crippen molar-refractivity contribution in [3.05, 3.63) is 34.4 Å². The summed E-state index contributed by atoms with van der Waals surface area (Å²) in [4.78, 5) is 11.5. The Bertz CT molecular complexity index is 592. The number of nitrogens with two attached hydrogens (primary N) is 1. The van der Waals surface area contributed by atoms with Crippen molar-refractivity contribution in [1.82, 2.24) is 4.57 Å². The van der Waals surface area contributed by atoms with Gasteiger partial charge in [0.05, 0.1) is 13.5 Å². The van der Waals surface area contributed by atoms with Gasteiger partial charge in [-0.3, -0.25) is 4.79 Å². The summed E-state index contributed by atoms with van der Waals surface area (Å²) in [5, 5.41) is 1.08. The summed E-state index contributed by atoms with van der Waals surface area (Å²) in [6, 6.07) is 6.09. The fourth-order valence-corrected chi connectivity index (χ4v) is 2.52. The van der Waals surface area contributed by atoms with Gasteiger partial charge in [-0.15, -0.1) is 0 Å². The molecule has 5 heteroatoms. The van der Waals surface area contributed by atoms with Crippen molar-refractivity contribution in [2.75, 3.05) is 13.7 Å². The van der Waals surface area contributed by atoms with E-state index in [1.807, 2.05) is 18.3 Å². The number of benzene rings is 1. The van der Waals surface area contributed by atoms with Crippen LogP contribution >= 0.6 is 15.9 Å². The number of carbonyl (C=O) groups excluding carboxylic acids is 1. The Morgan fingerprint density at radius 2 is 2.26 bits per heavy atom. The van der Waals surface area contributed by atoms with Crippen LogP contribution in [-0.4, -0.2) is 24.2 Å². The third kappa shape index (κ3) is 3.16. The first-order chi connectivity index (χ1) is 9.15. The van der Waals surface area contributed by atoms with E-state index < -0.39 is 0 Å². The average Bonchev–Trinajstić information content (AvgIpc) is 2.73. The van der Waals surface area contributed by atoms with Gasteiger partial charge < -0.3 is 15.0 Å². The lowest BCUT2D eigenvalue weighted by molar-refractivity contribution is -0.139. The highest BCUT2D eigenvalue weighted by Crippen LogP contribution is 2.26. The Morgan fingerprint density at radius 1 is 1.47 bits per heavy atom. The van der Waals surface area contributed by atoms with Crippen LogP contribution in [0, 0.1) is 0 Å². The minimum atomic E-state index is -0.224. The maximum absolute atomic E-state index is 11.5. The number of rotatable bonds is 5. The fraction of sp³-hybridized carbons (Fsp3) is 0.357. The van der Waals surface area contributed by atoms with Crippen LogP contribution in [0.5, 0.6) is 0 Å². The SMILES string of the molecule is COC(=O)Cc1cn(CCCN)c2ccc(Br)cc12. The summed E-state index contributed by atoms with van der Waals surface area (Å²) in [7, 11) is 1.41. The topological polar surface area (TPSA) is 57.2 Å². The van der Waals surface area contributed by atoms with Gasteiger partial charge in [-0.25, -0.2) is 0 Å². The largest absolute Gasteiger partial charge is 0.469 e. The standard InChI is InChI=1S/C14H17BrN2O2/c1-19-14(18)7-10-9-17(6-2-5-16)13-4-3-11(15)8-12(10)13/h3-4,8-9H,2,5-7,16H2,1H3. The molecule has 19 heavy (non-hydrogen) atoms. The molecule has 2 N–H and O–H groups in total. The molecule has 0 radical (unpaired) electrons. The molecule has 1 aromatic heterocycles. The molecule has 0 aliphatic heterocycles. The minimum Gasteiger partial charge on any atom is -0.469 e. The van der Waals surface area contributed by atoms with Crippen LogP contribution in [-0.2, 0) is 22.5 Å². The Morgan fingerprint density at radius 3 is 2.95 bits per heavy atom. The summed E-state index contributed by atoms with van der Waals surface area (Å²) in [6.45, 7) is 1.51. The molecule has 102 valence electrons. The number of halogens is 1. The van der Waals surface area contributed by atoms with Gasteiger partial charge in [-0.2, -0.15) is 0 Å². The molecule has 0 aliphatic rings. The van der Waals surface area contributed by atoms with Crippen LogP contribution in [0.2, 0.25) is 0 Å². The van der Waals surface area contributed by atoms with Gasteiger partial charge in [0.2, 0.25) is 0 Å². The maximum atomic E-state index is 11.5. The van der Waals surface area contributed by atoms with Crippen molar-refractivity contribution < 1.29 is 9.53 Å². The van der Waals surface area contributed by atoms with Crippen LogP contribution in [0.15, 0.2) is 28.9 Å². The summed E-state index contributed by atoms with van der Waals surface area (Å²) in [5.74, 6) is -0.224. The van der Waals surface area contributed by atoms with Crippen LogP contribution in [0.4, 0.5) is 0 Å². The molecular formula is C14H17BrN2O2. The molecule has 0 amide bonds. The molecule has 0 bridgehead atoms. The third-order valence-electron chi connectivity index (χ3n) is 3.09. The second kappa shape index (κ2) is 6.21. The number of fused-ring (bicyclic) bond motifs is 1. The van der Waals surface area contributed by atoms with Crippen molar-refractivity contribution in [2.45, 2.75) is 19.4 Å². The lowest BCUT2D eigenvalue weighted by Crippen LogP contribution is -2.05. The second-order valence-corrected chi connectivity index (χ2v) is 5.32. The molecule has 0 atom stereocenters. The minimum absolute atomic E-state index is 0.224. The normalized spacial score (nSPS) is 10.9. The van der Waals surface area contributed by atoms with E-state index in [-0.39, 0.29) is 5.97 Å². The highest BCUT2D eigenvalue weighted by molar-refractivity contribution is 9.10. The predicted molar refractivity (Wildman–Crippen MR) is 79.0 cm³/mol. The summed E-state index contributed by atoms with van der Waals surface area (Å²) in [5.41, 5.74) is 7.67. The molecule has 0 spiro atoms. The molecular weight excluding hydrogens is 308 g/mol. The van der Waals surface area contributed by atoms with Crippen LogP contribution in [0.3, 0.4) is 0 Å². The Labute approximate surface area is 120 Å². The molecule has 1 aromatic carbocycles. The van der Waals surface area contributed by atoms with Crippen LogP contribution < -0.4 is 5.73 Å². The van der Waals surface area contributed by atoms with Crippen molar-refractivity contribution in [3.63, 3.8) is 0 Å². The van der Waals surface area contributed by atoms with Crippen molar-refractivity contribution >= 4 is 32.8 Å². The van der Waals surface area contributed by atoms with Crippen molar-refractivity contribution in [3.8, 4) is 0 Å². The van der Waals surface area contributed by atoms with E-state index in [4.69, 9.17) is 10.5 Å². The van der Waals surface area contributed by atoms with Gasteiger partial charge in [0.15, 0.2) is 0 Å². The van der Waals surface area contributed by atoms with E-state index in [9.17, 15) is 4.79 Å². The zero-order chi connectivity index (χ0) is 13.8. The number of ether oxygens (including phenoxy) is 1. The number of aromatic nitrogens is 1. The highest BCUT2D eigenvalue weighted by Gasteiger charge is 2.12.